The molecular weight excluding hydrogens is 275 g/mol. The van der Waals surface area contributed by atoms with Crippen molar-refractivity contribution < 1.29 is 4.39 Å². The van der Waals surface area contributed by atoms with Gasteiger partial charge in [0.2, 0.25) is 0 Å². The lowest BCUT2D eigenvalue weighted by molar-refractivity contribution is 0.627. The fraction of sp³-hybridized carbons (Fsp3) is 0.214. The summed E-state index contributed by atoms with van der Waals surface area (Å²) in [5.74, 6) is -0.220. The molecule has 1 atom stereocenters. The van der Waals surface area contributed by atoms with E-state index in [0.29, 0.717) is 0 Å². The standard InChI is InChI=1S/C14H13FN4S/c1-9(10-3-5-11(15)6-4-10)20-14-12-7-18-19(2)13(12)16-8-17-14/h3-9H,1-2H3. The molecule has 0 amide bonds. The fourth-order valence-electron chi connectivity index (χ4n) is 2.00. The molecule has 3 aromatic rings. The number of fused-ring (bicyclic) bond motifs is 1. The van der Waals surface area contributed by atoms with E-state index < -0.39 is 0 Å². The maximum atomic E-state index is 12.9. The van der Waals surface area contributed by atoms with Crippen LogP contribution in [0, 0.1) is 5.82 Å². The lowest BCUT2D eigenvalue weighted by atomic mass is 10.2. The molecule has 102 valence electrons. The number of benzene rings is 1. The topological polar surface area (TPSA) is 43.6 Å². The highest BCUT2D eigenvalue weighted by atomic mass is 32.2. The van der Waals surface area contributed by atoms with Gasteiger partial charge in [-0.1, -0.05) is 23.9 Å². The van der Waals surface area contributed by atoms with Crippen molar-refractivity contribution in [1.29, 1.82) is 0 Å². The van der Waals surface area contributed by atoms with Gasteiger partial charge in [-0.3, -0.25) is 4.68 Å². The number of aryl methyl sites for hydroxylation is 1. The molecule has 2 heterocycles. The summed E-state index contributed by atoms with van der Waals surface area (Å²) in [4.78, 5) is 8.55. The van der Waals surface area contributed by atoms with Crippen molar-refractivity contribution in [3.8, 4) is 0 Å². The number of hydrogen-bond acceptors (Lipinski definition) is 4. The molecule has 0 aliphatic heterocycles. The highest BCUT2D eigenvalue weighted by Crippen LogP contribution is 2.36. The smallest absolute Gasteiger partial charge is 0.162 e. The van der Waals surface area contributed by atoms with Crippen molar-refractivity contribution in [2.24, 2.45) is 7.05 Å². The Kier molecular flexibility index (Phi) is 3.40. The maximum Gasteiger partial charge on any atom is 0.162 e. The second-order valence-corrected chi connectivity index (χ2v) is 5.83. The molecule has 1 aromatic carbocycles. The molecule has 0 N–H and O–H groups in total. The first-order valence-corrected chi connectivity index (χ1v) is 7.08. The average molecular weight is 288 g/mol. The number of rotatable bonds is 3. The van der Waals surface area contributed by atoms with Gasteiger partial charge in [0.25, 0.3) is 0 Å². The SMILES string of the molecule is CC(Sc1ncnc2c1cnn2C)c1ccc(F)cc1. The number of aromatic nitrogens is 4. The molecule has 0 saturated carbocycles. The fourth-order valence-corrected chi connectivity index (χ4v) is 3.01. The Labute approximate surface area is 120 Å². The summed E-state index contributed by atoms with van der Waals surface area (Å²) in [6, 6.07) is 6.56. The summed E-state index contributed by atoms with van der Waals surface area (Å²) >= 11 is 1.62. The van der Waals surface area contributed by atoms with Gasteiger partial charge in [0.1, 0.15) is 17.2 Å². The Hall–Kier alpha value is -1.95. The third-order valence-electron chi connectivity index (χ3n) is 3.12. The van der Waals surface area contributed by atoms with Gasteiger partial charge in [0.05, 0.1) is 11.6 Å². The van der Waals surface area contributed by atoms with Gasteiger partial charge in [-0.25, -0.2) is 14.4 Å². The first kappa shape index (κ1) is 13.1. The van der Waals surface area contributed by atoms with E-state index in [2.05, 4.69) is 22.0 Å². The van der Waals surface area contributed by atoms with Crippen LogP contribution in [-0.2, 0) is 7.05 Å². The van der Waals surface area contributed by atoms with Crippen LogP contribution in [0.3, 0.4) is 0 Å². The van der Waals surface area contributed by atoms with Crippen LogP contribution in [0.2, 0.25) is 0 Å². The number of nitrogens with zero attached hydrogens (tertiary/aromatic N) is 4. The van der Waals surface area contributed by atoms with E-state index >= 15 is 0 Å². The molecular formula is C14H13FN4S. The molecule has 0 fully saturated rings. The molecule has 0 saturated heterocycles. The summed E-state index contributed by atoms with van der Waals surface area (Å²) in [6.07, 6.45) is 3.32. The minimum absolute atomic E-state index is 0.175. The van der Waals surface area contributed by atoms with Crippen molar-refractivity contribution in [3.63, 3.8) is 0 Å². The maximum absolute atomic E-state index is 12.9. The third kappa shape index (κ3) is 2.38. The van der Waals surface area contributed by atoms with E-state index in [0.717, 1.165) is 21.6 Å². The molecule has 20 heavy (non-hydrogen) atoms. The Morgan fingerprint density at radius 2 is 1.95 bits per heavy atom. The van der Waals surface area contributed by atoms with E-state index in [-0.39, 0.29) is 11.1 Å². The van der Waals surface area contributed by atoms with E-state index in [9.17, 15) is 4.39 Å². The minimum Gasteiger partial charge on any atom is -0.250 e. The van der Waals surface area contributed by atoms with Crippen LogP contribution in [0.25, 0.3) is 11.0 Å². The second-order valence-electron chi connectivity index (χ2n) is 4.50. The van der Waals surface area contributed by atoms with Gasteiger partial charge in [-0.05, 0) is 24.6 Å². The van der Waals surface area contributed by atoms with Gasteiger partial charge in [-0.2, -0.15) is 5.10 Å². The van der Waals surface area contributed by atoms with Gasteiger partial charge < -0.3 is 0 Å². The molecule has 0 aliphatic rings. The molecule has 0 spiro atoms. The number of hydrogen-bond donors (Lipinski definition) is 0. The van der Waals surface area contributed by atoms with Crippen LogP contribution in [0.1, 0.15) is 17.7 Å². The molecule has 0 aliphatic carbocycles. The molecule has 3 rings (SSSR count). The van der Waals surface area contributed by atoms with Crippen molar-refractivity contribution in [2.45, 2.75) is 17.2 Å². The van der Waals surface area contributed by atoms with Crippen LogP contribution in [0.5, 0.6) is 0 Å². The largest absolute Gasteiger partial charge is 0.250 e. The van der Waals surface area contributed by atoms with Crippen LogP contribution in [0.4, 0.5) is 4.39 Å². The lowest BCUT2D eigenvalue weighted by Gasteiger charge is -2.11. The van der Waals surface area contributed by atoms with E-state index in [1.165, 1.54) is 12.1 Å². The Bertz CT molecular complexity index is 739. The highest BCUT2D eigenvalue weighted by Gasteiger charge is 2.13. The first-order valence-electron chi connectivity index (χ1n) is 6.20. The van der Waals surface area contributed by atoms with Gasteiger partial charge >= 0.3 is 0 Å². The average Bonchev–Trinajstić information content (AvgIpc) is 2.82. The van der Waals surface area contributed by atoms with Gasteiger partial charge in [0, 0.05) is 12.3 Å². The predicted octanol–water partition coefficient (Wildman–Crippen LogP) is 3.36. The molecule has 0 radical (unpaired) electrons. The molecule has 1 unspecified atom stereocenters. The monoisotopic (exact) mass is 288 g/mol. The summed E-state index contributed by atoms with van der Waals surface area (Å²) in [5, 5.41) is 6.20. The Morgan fingerprint density at radius 3 is 2.70 bits per heavy atom. The zero-order chi connectivity index (χ0) is 14.1. The molecule has 6 heteroatoms. The van der Waals surface area contributed by atoms with Crippen molar-refractivity contribution >= 4 is 22.8 Å². The molecule has 0 bridgehead atoms. The highest BCUT2D eigenvalue weighted by molar-refractivity contribution is 7.99. The van der Waals surface area contributed by atoms with Crippen LogP contribution in [0.15, 0.2) is 41.8 Å². The summed E-state index contributed by atoms with van der Waals surface area (Å²) < 4.78 is 14.7. The van der Waals surface area contributed by atoms with Crippen LogP contribution < -0.4 is 0 Å². The van der Waals surface area contributed by atoms with E-state index in [1.807, 2.05) is 7.05 Å². The minimum atomic E-state index is -0.220. The molecule has 4 nitrogen and oxygen atoms in total. The summed E-state index contributed by atoms with van der Waals surface area (Å²) in [7, 11) is 1.85. The summed E-state index contributed by atoms with van der Waals surface area (Å²) in [5.41, 5.74) is 1.88. The van der Waals surface area contributed by atoms with Crippen LogP contribution >= 0.6 is 11.8 Å². The Balaban J connectivity index is 1.91. The van der Waals surface area contributed by atoms with Gasteiger partial charge in [-0.15, -0.1) is 0 Å². The normalized spacial score (nSPS) is 12.8. The van der Waals surface area contributed by atoms with Crippen molar-refractivity contribution in [2.75, 3.05) is 0 Å². The zero-order valence-electron chi connectivity index (χ0n) is 11.1. The van der Waals surface area contributed by atoms with E-state index in [1.54, 1.807) is 41.1 Å². The van der Waals surface area contributed by atoms with Crippen LogP contribution in [-0.4, -0.2) is 19.7 Å². The van der Waals surface area contributed by atoms with Crippen molar-refractivity contribution in [3.05, 3.63) is 48.2 Å². The quantitative estimate of drug-likeness (QED) is 0.547. The first-order chi connectivity index (χ1) is 9.65. The lowest BCUT2D eigenvalue weighted by Crippen LogP contribution is -1.94. The Morgan fingerprint density at radius 1 is 1.20 bits per heavy atom. The molecule has 2 aromatic heterocycles. The van der Waals surface area contributed by atoms with E-state index in [4.69, 9.17) is 0 Å². The second kappa shape index (κ2) is 5.20. The number of halogens is 1. The summed E-state index contributed by atoms with van der Waals surface area (Å²) in [6.45, 7) is 2.07. The third-order valence-corrected chi connectivity index (χ3v) is 4.30. The van der Waals surface area contributed by atoms with Gasteiger partial charge in [0.15, 0.2) is 5.65 Å². The predicted molar refractivity (Wildman–Crippen MR) is 77.0 cm³/mol. The number of thioether (sulfide) groups is 1. The zero-order valence-corrected chi connectivity index (χ0v) is 11.9. The van der Waals surface area contributed by atoms with Crippen molar-refractivity contribution in [1.82, 2.24) is 19.7 Å².